The van der Waals surface area contributed by atoms with Crippen LogP contribution in [0, 0.1) is 11.3 Å². The molecular formula is C13H18N2OS. The lowest BCUT2D eigenvalue weighted by atomic mass is 10.2. The van der Waals surface area contributed by atoms with Gasteiger partial charge in [0.1, 0.15) is 11.8 Å². The number of methoxy groups -OCH3 is 1. The second-order valence-corrected chi connectivity index (χ2v) is 4.94. The first-order chi connectivity index (χ1) is 8.30. The van der Waals surface area contributed by atoms with Gasteiger partial charge in [-0.3, -0.25) is 0 Å². The standard InChI is InChI=1S/C13H18N2OS/c1-3-17-8-7-12(10-14)15-11-5-4-6-13(9-11)16-2/h4-6,9,12,15H,3,7-8H2,1-2H3. The Morgan fingerprint density at radius 2 is 2.35 bits per heavy atom. The van der Waals surface area contributed by atoms with Gasteiger partial charge in [0.05, 0.1) is 13.2 Å². The Hall–Kier alpha value is -1.34. The predicted molar refractivity (Wildman–Crippen MR) is 73.6 cm³/mol. The lowest BCUT2D eigenvalue weighted by Gasteiger charge is -2.13. The van der Waals surface area contributed by atoms with Crippen molar-refractivity contribution in [2.24, 2.45) is 0 Å². The highest BCUT2D eigenvalue weighted by atomic mass is 32.2. The minimum absolute atomic E-state index is 0.138. The molecule has 0 bridgehead atoms. The highest BCUT2D eigenvalue weighted by Gasteiger charge is 2.07. The quantitative estimate of drug-likeness (QED) is 0.755. The molecule has 0 radical (unpaired) electrons. The van der Waals surface area contributed by atoms with Gasteiger partial charge in [-0.1, -0.05) is 13.0 Å². The van der Waals surface area contributed by atoms with Crippen LogP contribution in [-0.4, -0.2) is 24.7 Å². The molecule has 0 aliphatic rings. The maximum Gasteiger partial charge on any atom is 0.120 e. The third kappa shape index (κ3) is 5.01. The zero-order chi connectivity index (χ0) is 12.5. The number of nitrogens with one attached hydrogen (secondary N) is 1. The molecule has 17 heavy (non-hydrogen) atoms. The van der Waals surface area contributed by atoms with Crippen LogP contribution in [0.5, 0.6) is 5.75 Å². The Kier molecular flexibility index (Phi) is 6.34. The third-order valence-corrected chi connectivity index (χ3v) is 3.25. The van der Waals surface area contributed by atoms with Gasteiger partial charge < -0.3 is 10.1 Å². The summed E-state index contributed by atoms with van der Waals surface area (Å²) in [5.74, 6) is 2.90. The summed E-state index contributed by atoms with van der Waals surface area (Å²) >= 11 is 1.85. The molecule has 0 spiro atoms. The van der Waals surface area contributed by atoms with Crippen LogP contribution in [0.25, 0.3) is 0 Å². The molecule has 3 nitrogen and oxygen atoms in total. The van der Waals surface area contributed by atoms with Crippen molar-refractivity contribution in [3.8, 4) is 11.8 Å². The second-order valence-electron chi connectivity index (χ2n) is 3.54. The second kappa shape index (κ2) is 7.86. The minimum Gasteiger partial charge on any atom is -0.497 e. The van der Waals surface area contributed by atoms with Gasteiger partial charge in [0.15, 0.2) is 0 Å². The fourth-order valence-electron chi connectivity index (χ4n) is 1.43. The van der Waals surface area contributed by atoms with E-state index in [1.165, 1.54) is 0 Å². The number of hydrogen-bond donors (Lipinski definition) is 1. The smallest absolute Gasteiger partial charge is 0.120 e. The molecule has 1 aromatic rings. The maximum atomic E-state index is 9.06. The lowest BCUT2D eigenvalue weighted by Crippen LogP contribution is -2.18. The average molecular weight is 250 g/mol. The van der Waals surface area contributed by atoms with Crippen LogP contribution < -0.4 is 10.1 Å². The predicted octanol–water partition coefficient (Wildman–Crippen LogP) is 3.14. The summed E-state index contributed by atoms with van der Waals surface area (Å²) in [6.07, 6.45) is 0.853. The van der Waals surface area contributed by atoms with Gasteiger partial charge in [0, 0.05) is 11.8 Å². The monoisotopic (exact) mass is 250 g/mol. The molecular weight excluding hydrogens is 232 g/mol. The normalized spacial score (nSPS) is 11.6. The van der Waals surface area contributed by atoms with E-state index in [-0.39, 0.29) is 6.04 Å². The largest absolute Gasteiger partial charge is 0.497 e. The third-order valence-electron chi connectivity index (χ3n) is 2.32. The Balaban J connectivity index is 2.52. The SMILES string of the molecule is CCSCCC(C#N)Nc1cccc(OC)c1. The van der Waals surface area contributed by atoms with Gasteiger partial charge in [0.25, 0.3) is 0 Å². The average Bonchev–Trinajstić information content (AvgIpc) is 2.38. The molecule has 1 aromatic carbocycles. The van der Waals surface area contributed by atoms with Crippen LogP contribution in [0.2, 0.25) is 0 Å². The highest BCUT2D eigenvalue weighted by molar-refractivity contribution is 7.99. The number of rotatable bonds is 7. The fraction of sp³-hybridized carbons (Fsp3) is 0.462. The summed E-state index contributed by atoms with van der Waals surface area (Å²) in [7, 11) is 1.64. The van der Waals surface area contributed by atoms with E-state index in [2.05, 4.69) is 18.3 Å². The van der Waals surface area contributed by atoms with E-state index in [4.69, 9.17) is 10.00 Å². The Morgan fingerprint density at radius 1 is 1.53 bits per heavy atom. The molecule has 1 rings (SSSR count). The molecule has 0 amide bonds. The van der Waals surface area contributed by atoms with Gasteiger partial charge in [-0.25, -0.2) is 0 Å². The first-order valence-corrected chi connectivity index (χ1v) is 6.83. The van der Waals surface area contributed by atoms with E-state index >= 15 is 0 Å². The van der Waals surface area contributed by atoms with Crippen LogP contribution in [-0.2, 0) is 0 Å². The minimum atomic E-state index is -0.138. The fourth-order valence-corrected chi connectivity index (χ4v) is 2.12. The molecule has 0 fully saturated rings. The van der Waals surface area contributed by atoms with Gasteiger partial charge in [-0.05, 0) is 30.1 Å². The van der Waals surface area contributed by atoms with Crippen LogP contribution in [0.4, 0.5) is 5.69 Å². The topological polar surface area (TPSA) is 45.0 Å². The molecule has 0 saturated heterocycles. The van der Waals surface area contributed by atoms with Crippen molar-refractivity contribution in [2.75, 3.05) is 23.9 Å². The van der Waals surface area contributed by atoms with Gasteiger partial charge >= 0.3 is 0 Å². The van der Waals surface area contributed by atoms with Gasteiger partial charge in [-0.2, -0.15) is 17.0 Å². The van der Waals surface area contributed by atoms with Gasteiger partial charge in [0.2, 0.25) is 0 Å². The summed E-state index contributed by atoms with van der Waals surface area (Å²) in [4.78, 5) is 0. The molecule has 4 heteroatoms. The molecule has 0 aliphatic carbocycles. The van der Waals surface area contributed by atoms with E-state index in [0.717, 1.165) is 29.4 Å². The van der Waals surface area contributed by atoms with Crippen LogP contribution in [0.15, 0.2) is 24.3 Å². The molecule has 92 valence electrons. The number of nitrogens with zero attached hydrogens (tertiary/aromatic N) is 1. The molecule has 1 N–H and O–H groups in total. The first kappa shape index (κ1) is 13.7. The summed E-state index contributed by atoms with van der Waals surface area (Å²) in [5, 5.41) is 12.3. The summed E-state index contributed by atoms with van der Waals surface area (Å²) in [6, 6.07) is 9.79. The highest BCUT2D eigenvalue weighted by Crippen LogP contribution is 2.18. The van der Waals surface area contributed by atoms with Crippen LogP contribution in [0.1, 0.15) is 13.3 Å². The number of hydrogen-bond acceptors (Lipinski definition) is 4. The number of thioether (sulfide) groups is 1. The van der Waals surface area contributed by atoms with Crippen LogP contribution in [0.3, 0.4) is 0 Å². The summed E-state index contributed by atoms with van der Waals surface area (Å²) in [6.45, 7) is 2.13. The van der Waals surface area contributed by atoms with E-state index in [9.17, 15) is 0 Å². The van der Waals surface area contributed by atoms with Crippen molar-refractivity contribution in [2.45, 2.75) is 19.4 Å². The van der Waals surface area contributed by atoms with Gasteiger partial charge in [-0.15, -0.1) is 0 Å². The molecule has 0 aliphatic heterocycles. The molecule has 1 atom stereocenters. The van der Waals surface area contributed by atoms with Crippen molar-refractivity contribution in [3.63, 3.8) is 0 Å². The summed E-state index contributed by atoms with van der Waals surface area (Å²) in [5.41, 5.74) is 0.928. The van der Waals surface area contributed by atoms with E-state index in [1.54, 1.807) is 7.11 Å². The Labute approximate surface area is 107 Å². The van der Waals surface area contributed by atoms with Crippen molar-refractivity contribution in [1.29, 1.82) is 5.26 Å². The Morgan fingerprint density at radius 3 is 3.00 bits per heavy atom. The van der Waals surface area contributed by atoms with Crippen molar-refractivity contribution >= 4 is 17.4 Å². The van der Waals surface area contributed by atoms with E-state index < -0.39 is 0 Å². The molecule has 0 aromatic heterocycles. The number of benzene rings is 1. The zero-order valence-corrected chi connectivity index (χ0v) is 11.1. The summed E-state index contributed by atoms with van der Waals surface area (Å²) < 4.78 is 5.14. The maximum absolute atomic E-state index is 9.06. The number of ether oxygens (including phenoxy) is 1. The first-order valence-electron chi connectivity index (χ1n) is 5.68. The zero-order valence-electron chi connectivity index (χ0n) is 10.3. The van der Waals surface area contributed by atoms with E-state index in [0.29, 0.717) is 0 Å². The number of nitriles is 1. The lowest BCUT2D eigenvalue weighted by molar-refractivity contribution is 0.415. The van der Waals surface area contributed by atoms with Crippen LogP contribution >= 0.6 is 11.8 Å². The molecule has 0 heterocycles. The van der Waals surface area contributed by atoms with Crippen molar-refractivity contribution in [3.05, 3.63) is 24.3 Å². The number of anilines is 1. The van der Waals surface area contributed by atoms with Crippen molar-refractivity contribution < 1.29 is 4.74 Å². The molecule has 1 unspecified atom stereocenters. The van der Waals surface area contributed by atoms with Crippen molar-refractivity contribution in [1.82, 2.24) is 0 Å². The van der Waals surface area contributed by atoms with E-state index in [1.807, 2.05) is 36.0 Å². The molecule has 0 saturated carbocycles. The Bertz CT molecular complexity index is 376.